The van der Waals surface area contributed by atoms with Gasteiger partial charge in [-0.1, -0.05) is 35.9 Å². The molecule has 0 saturated heterocycles. The molecule has 1 aliphatic rings. The summed E-state index contributed by atoms with van der Waals surface area (Å²) < 4.78 is 1.82. The SMILES string of the molecule is C[C@]1(C(=O)Nc2ccc(Cl)cc2)c2cccc[n+]2CC(=O)N1c1ccccc1. The molecule has 140 valence electrons. The van der Waals surface area contributed by atoms with Gasteiger partial charge in [0.15, 0.2) is 6.20 Å². The first kappa shape index (κ1) is 18.2. The van der Waals surface area contributed by atoms with E-state index in [1.807, 2.05) is 59.3 Å². The molecule has 6 heteroatoms. The molecule has 4 rings (SSSR count). The highest BCUT2D eigenvalue weighted by molar-refractivity contribution is 6.30. The summed E-state index contributed by atoms with van der Waals surface area (Å²) in [4.78, 5) is 28.2. The van der Waals surface area contributed by atoms with Gasteiger partial charge in [-0.3, -0.25) is 14.5 Å². The molecule has 0 bridgehead atoms. The number of nitrogens with one attached hydrogen (secondary N) is 1. The minimum absolute atomic E-state index is 0.149. The first-order valence-corrected chi connectivity index (χ1v) is 9.32. The smallest absolute Gasteiger partial charge is 0.294 e. The molecule has 0 fully saturated rings. The minimum Gasteiger partial charge on any atom is -0.324 e. The van der Waals surface area contributed by atoms with E-state index in [9.17, 15) is 9.59 Å². The van der Waals surface area contributed by atoms with Gasteiger partial charge in [0.1, 0.15) is 0 Å². The van der Waals surface area contributed by atoms with Crippen molar-refractivity contribution in [1.82, 2.24) is 0 Å². The van der Waals surface area contributed by atoms with E-state index in [1.54, 1.807) is 36.1 Å². The number of carbonyl (C=O) groups excluding carboxylic acids is 2. The topological polar surface area (TPSA) is 53.3 Å². The van der Waals surface area contributed by atoms with Crippen LogP contribution in [-0.2, 0) is 21.7 Å². The molecule has 0 spiro atoms. The fourth-order valence-corrected chi connectivity index (χ4v) is 3.75. The van der Waals surface area contributed by atoms with Crippen LogP contribution in [0.25, 0.3) is 0 Å². The number of benzene rings is 2. The van der Waals surface area contributed by atoms with Crippen LogP contribution >= 0.6 is 11.6 Å². The van der Waals surface area contributed by atoms with E-state index in [-0.39, 0.29) is 18.4 Å². The van der Waals surface area contributed by atoms with E-state index in [0.717, 1.165) is 5.69 Å². The molecule has 5 nitrogen and oxygen atoms in total. The second-order valence-corrected chi connectivity index (χ2v) is 7.25. The molecule has 2 amide bonds. The Kier molecular flexibility index (Phi) is 4.61. The van der Waals surface area contributed by atoms with Crippen molar-refractivity contribution in [2.75, 3.05) is 10.2 Å². The van der Waals surface area contributed by atoms with Gasteiger partial charge in [-0.2, -0.15) is 4.57 Å². The van der Waals surface area contributed by atoms with Crippen LogP contribution in [0.3, 0.4) is 0 Å². The number of aromatic nitrogens is 1. The molecule has 1 N–H and O–H groups in total. The number of pyridine rings is 1. The van der Waals surface area contributed by atoms with Crippen LogP contribution in [0.4, 0.5) is 11.4 Å². The van der Waals surface area contributed by atoms with Crippen molar-refractivity contribution >= 4 is 34.8 Å². The summed E-state index contributed by atoms with van der Waals surface area (Å²) in [5.41, 5.74) is 0.808. The zero-order chi connectivity index (χ0) is 19.7. The number of hydrogen-bond donors (Lipinski definition) is 1. The van der Waals surface area contributed by atoms with E-state index in [4.69, 9.17) is 11.6 Å². The van der Waals surface area contributed by atoms with Crippen molar-refractivity contribution in [1.29, 1.82) is 0 Å². The molecule has 1 atom stereocenters. The zero-order valence-corrected chi connectivity index (χ0v) is 16.1. The van der Waals surface area contributed by atoms with E-state index >= 15 is 0 Å². The Labute approximate surface area is 168 Å². The Morgan fingerprint density at radius 2 is 1.71 bits per heavy atom. The van der Waals surface area contributed by atoms with Gasteiger partial charge in [0.25, 0.3) is 11.8 Å². The van der Waals surface area contributed by atoms with Gasteiger partial charge in [-0.15, -0.1) is 0 Å². The van der Waals surface area contributed by atoms with Crippen LogP contribution in [-0.4, -0.2) is 11.8 Å². The molecule has 3 aromatic rings. The number of nitrogens with zero attached hydrogens (tertiary/aromatic N) is 2. The number of amides is 2. The number of hydrogen-bond acceptors (Lipinski definition) is 2. The third-order valence-electron chi connectivity index (χ3n) is 5.00. The van der Waals surface area contributed by atoms with Crippen LogP contribution < -0.4 is 14.8 Å². The molecule has 1 aromatic heterocycles. The Bertz CT molecular complexity index is 1040. The standard InChI is InChI=1S/C22H18ClN3O2/c1-22(21(28)24-17-12-10-16(23)11-13-17)19-9-5-6-14-25(19)15-20(27)26(22)18-7-3-2-4-8-18/h2-14H,15H2,1H3/p+1/t22-/m1/s1. The van der Waals surface area contributed by atoms with Crippen molar-refractivity contribution in [3.05, 3.63) is 89.7 Å². The van der Waals surface area contributed by atoms with Crippen molar-refractivity contribution in [3.63, 3.8) is 0 Å². The molecule has 0 saturated carbocycles. The lowest BCUT2D eigenvalue weighted by Gasteiger charge is -2.40. The molecule has 2 heterocycles. The third-order valence-corrected chi connectivity index (χ3v) is 5.25. The number of para-hydroxylation sites is 1. The van der Waals surface area contributed by atoms with Gasteiger partial charge in [-0.05, 0) is 43.3 Å². The quantitative estimate of drug-likeness (QED) is 0.693. The highest BCUT2D eigenvalue weighted by Crippen LogP contribution is 2.35. The van der Waals surface area contributed by atoms with E-state index in [0.29, 0.717) is 16.4 Å². The van der Waals surface area contributed by atoms with Crippen LogP contribution in [0.1, 0.15) is 12.6 Å². The summed E-state index contributed by atoms with van der Waals surface area (Å²) in [5.74, 6) is -0.449. The zero-order valence-electron chi connectivity index (χ0n) is 15.3. The van der Waals surface area contributed by atoms with Gasteiger partial charge >= 0.3 is 0 Å². The molecule has 1 aliphatic heterocycles. The highest BCUT2D eigenvalue weighted by Gasteiger charge is 2.54. The number of rotatable bonds is 3. The average molecular weight is 393 g/mol. The molecular weight excluding hydrogens is 374 g/mol. The number of carbonyl (C=O) groups is 2. The van der Waals surface area contributed by atoms with Crippen molar-refractivity contribution < 1.29 is 14.2 Å². The predicted octanol–water partition coefficient (Wildman–Crippen LogP) is 3.53. The van der Waals surface area contributed by atoms with Crippen LogP contribution in [0.2, 0.25) is 5.02 Å². The van der Waals surface area contributed by atoms with Gasteiger partial charge in [0.2, 0.25) is 17.8 Å². The van der Waals surface area contributed by atoms with E-state index in [1.165, 1.54) is 0 Å². The maximum Gasteiger partial charge on any atom is 0.294 e. The molecule has 0 radical (unpaired) electrons. The summed E-state index contributed by atoms with van der Waals surface area (Å²) in [6.07, 6.45) is 1.82. The Morgan fingerprint density at radius 3 is 2.43 bits per heavy atom. The largest absolute Gasteiger partial charge is 0.324 e. The van der Waals surface area contributed by atoms with Gasteiger partial charge in [0.05, 0.1) is 0 Å². The Hall–Kier alpha value is -3.18. The fraction of sp³-hybridized carbons (Fsp3) is 0.136. The highest BCUT2D eigenvalue weighted by atomic mass is 35.5. The maximum absolute atomic E-state index is 13.5. The molecule has 0 aliphatic carbocycles. The second-order valence-electron chi connectivity index (χ2n) is 6.81. The minimum atomic E-state index is -1.22. The monoisotopic (exact) mass is 392 g/mol. The van der Waals surface area contributed by atoms with Crippen LogP contribution in [0, 0.1) is 0 Å². The third kappa shape index (κ3) is 3.04. The van der Waals surface area contributed by atoms with Crippen LogP contribution in [0.5, 0.6) is 0 Å². The molecular formula is C22H19ClN3O2+. The first-order chi connectivity index (χ1) is 13.5. The van der Waals surface area contributed by atoms with Crippen molar-refractivity contribution in [2.24, 2.45) is 0 Å². The summed E-state index contributed by atoms with van der Waals surface area (Å²) in [6, 6.07) is 21.8. The molecule has 2 aromatic carbocycles. The molecule has 28 heavy (non-hydrogen) atoms. The van der Waals surface area contributed by atoms with E-state index < -0.39 is 5.54 Å². The van der Waals surface area contributed by atoms with Crippen LogP contribution in [0.15, 0.2) is 79.0 Å². The number of fused-ring (bicyclic) bond motifs is 1. The van der Waals surface area contributed by atoms with E-state index in [2.05, 4.69) is 5.32 Å². The summed E-state index contributed by atoms with van der Waals surface area (Å²) in [6.45, 7) is 1.95. The average Bonchev–Trinajstić information content (AvgIpc) is 2.70. The summed E-state index contributed by atoms with van der Waals surface area (Å²) >= 11 is 5.94. The van der Waals surface area contributed by atoms with Gasteiger partial charge < -0.3 is 5.32 Å². The maximum atomic E-state index is 13.5. The first-order valence-electron chi connectivity index (χ1n) is 8.94. The summed E-state index contributed by atoms with van der Waals surface area (Å²) in [5, 5.41) is 3.52. The second kappa shape index (κ2) is 7.09. The van der Waals surface area contributed by atoms with Crippen molar-refractivity contribution in [3.8, 4) is 0 Å². The van der Waals surface area contributed by atoms with Crippen molar-refractivity contribution in [2.45, 2.75) is 19.0 Å². The number of anilines is 2. The summed E-state index contributed by atoms with van der Waals surface area (Å²) in [7, 11) is 0. The lowest BCUT2D eigenvalue weighted by Crippen LogP contribution is -2.67. The lowest BCUT2D eigenvalue weighted by atomic mass is 9.89. The predicted molar refractivity (Wildman–Crippen MR) is 108 cm³/mol. The van der Waals surface area contributed by atoms with Gasteiger partial charge in [-0.25, -0.2) is 0 Å². The van der Waals surface area contributed by atoms with Gasteiger partial charge in [0, 0.05) is 28.5 Å². The number of halogens is 1. The molecule has 0 unspecified atom stereocenters. The Balaban J connectivity index is 1.83. The lowest BCUT2D eigenvalue weighted by molar-refractivity contribution is -0.697. The Morgan fingerprint density at radius 1 is 1.04 bits per heavy atom. The fourth-order valence-electron chi connectivity index (χ4n) is 3.62. The normalized spacial score (nSPS) is 18.5.